The first kappa shape index (κ1) is 19.5. The summed E-state index contributed by atoms with van der Waals surface area (Å²) in [4.78, 5) is 5.02. The molecule has 1 N–H and O–H groups in total. The first-order valence-corrected chi connectivity index (χ1v) is 9.91. The maximum atomic E-state index is 5.02. The average Bonchev–Trinajstić information content (AvgIpc) is 3.13. The van der Waals surface area contributed by atoms with E-state index in [9.17, 15) is 0 Å². The molecule has 2 nitrogen and oxygen atoms in total. The first-order chi connectivity index (χ1) is 12.8. The van der Waals surface area contributed by atoms with Crippen LogP contribution in [0.4, 0.5) is 0 Å². The van der Waals surface area contributed by atoms with Gasteiger partial charge in [-0.3, -0.25) is 4.99 Å². The van der Waals surface area contributed by atoms with E-state index in [1.165, 1.54) is 22.3 Å². The second kappa shape index (κ2) is 9.12. The largest absolute Gasteiger partial charge is 0.356 e. The molecule has 0 saturated heterocycles. The van der Waals surface area contributed by atoms with Gasteiger partial charge in [0.15, 0.2) is 5.17 Å². The zero-order valence-electron chi connectivity index (χ0n) is 15.2. The Balaban J connectivity index is 0.00000210. The third-order valence-electron chi connectivity index (χ3n) is 4.65. The number of aryl methyl sites for hydroxylation is 1. The van der Waals surface area contributed by atoms with Crippen molar-refractivity contribution in [2.75, 3.05) is 0 Å². The van der Waals surface area contributed by atoms with E-state index in [2.05, 4.69) is 97.2 Å². The molecule has 1 heterocycles. The number of benzene rings is 3. The summed E-state index contributed by atoms with van der Waals surface area (Å²) < 4.78 is 0. The Morgan fingerprint density at radius 1 is 0.815 bits per heavy atom. The lowest BCUT2D eigenvalue weighted by Gasteiger charge is -2.19. The number of hydrogen-bond acceptors (Lipinski definition) is 3. The van der Waals surface area contributed by atoms with Crippen molar-refractivity contribution in [1.29, 1.82) is 0 Å². The first-order valence-electron chi connectivity index (χ1n) is 8.92. The van der Waals surface area contributed by atoms with Crippen LogP contribution >= 0.6 is 24.2 Å². The van der Waals surface area contributed by atoms with Crippen LogP contribution in [0, 0.1) is 6.92 Å². The summed E-state index contributed by atoms with van der Waals surface area (Å²) in [6.07, 6.45) is 0. The van der Waals surface area contributed by atoms with Crippen LogP contribution in [-0.4, -0.2) is 5.17 Å². The van der Waals surface area contributed by atoms with E-state index in [4.69, 9.17) is 4.99 Å². The smallest absolute Gasteiger partial charge is 0.158 e. The van der Waals surface area contributed by atoms with Gasteiger partial charge in [0.1, 0.15) is 6.04 Å². The summed E-state index contributed by atoms with van der Waals surface area (Å²) in [5.41, 5.74) is 5.14. The molecule has 4 rings (SSSR count). The lowest BCUT2D eigenvalue weighted by atomic mass is 9.95. The Bertz CT molecular complexity index is 879. The van der Waals surface area contributed by atoms with E-state index in [0.717, 1.165) is 10.9 Å². The van der Waals surface area contributed by atoms with Gasteiger partial charge in [0.2, 0.25) is 0 Å². The zero-order valence-corrected chi connectivity index (χ0v) is 16.8. The highest BCUT2D eigenvalue weighted by Crippen LogP contribution is 2.38. The predicted molar refractivity (Wildman–Crippen MR) is 119 cm³/mol. The van der Waals surface area contributed by atoms with Gasteiger partial charge in [0.25, 0.3) is 0 Å². The summed E-state index contributed by atoms with van der Waals surface area (Å²) >= 11 is 1.78. The van der Waals surface area contributed by atoms with Gasteiger partial charge in [-0.2, -0.15) is 0 Å². The van der Waals surface area contributed by atoms with E-state index in [1.54, 1.807) is 11.8 Å². The molecule has 0 amide bonds. The molecular formula is C23H23ClN2S. The van der Waals surface area contributed by atoms with Gasteiger partial charge in [-0.25, -0.2) is 0 Å². The van der Waals surface area contributed by atoms with Crippen molar-refractivity contribution >= 4 is 29.3 Å². The van der Waals surface area contributed by atoms with Crippen molar-refractivity contribution < 1.29 is 0 Å². The second-order valence-corrected chi connectivity index (χ2v) is 7.56. The Hall–Kier alpha value is -2.23. The SMILES string of the molecule is Cc1ccc(CSC2=NC(c3ccccc3)C(c3ccccc3)N2)cc1.Cl. The molecule has 138 valence electrons. The van der Waals surface area contributed by atoms with Crippen molar-refractivity contribution in [3.63, 3.8) is 0 Å². The summed E-state index contributed by atoms with van der Waals surface area (Å²) in [5.74, 6) is 0.926. The lowest BCUT2D eigenvalue weighted by molar-refractivity contribution is 0.573. The van der Waals surface area contributed by atoms with Crippen LogP contribution in [0.15, 0.2) is 89.9 Å². The molecule has 3 aromatic rings. The molecule has 2 unspecified atom stereocenters. The molecule has 4 heteroatoms. The summed E-state index contributed by atoms with van der Waals surface area (Å²) in [6.45, 7) is 2.12. The number of nitrogens with zero attached hydrogens (tertiary/aromatic N) is 1. The van der Waals surface area contributed by atoms with Gasteiger partial charge in [-0.1, -0.05) is 102 Å². The van der Waals surface area contributed by atoms with Crippen LogP contribution in [0.2, 0.25) is 0 Å². The molecule has 1 aliphatic heterocycles. The highest BCUT2D eigenvalue weighted by molar-refractivity contribution is 8.13. The van der Waals surface area contributed by atoms with Gasteiger partial charge in [-0.05, 0) is 23.6 Å². The summed E-state index contributed by atoms with van der Waals surface area (Å²) in [5, 5.41) is 4.67. The van der Waals surface area contributed by atoms with Crippen molar-refractivity contribution in [3.05, 3.63) is 107 Å². The number of rotatable bonds is 4. The molecule has 2 atom stereocenters. The van der Waals surface area contributed by atoms with Crippen LogP contribution in [0.5, 0.6) is 0 Å². The molecular weight excluding hydrogens is 372 g/mol. The van der Waals surface area contributed by atoms with Crippen LogP contribution in [-0.2, 0) is 5.75 Å². The van der Waals surface area contributed by atoms with Crippen LogP contribution in [0.3, 0.4) is 0 Å². The molecule has 0 spiro atoms. The maximum absolute atomic E-state index is 5.02. The fraction of sp³-hybridized carbons (Fsp3) is 0.174. The van der Waals surface area contributed by atoms with Gasteiger partial charge >= 0.3 is 0 Å². The molecule has 3 aromatic carbocycles. The number of amidine groups is 1. The minimum Gasteiger partial charge on any atom is -0.356 e. The summed E-state index contributed by atoms with van der Waals surface area (Å²) in [6, 6.07) is 30.2. The molecule has 0 aliphatic carbocycles. The molecule has 1 aliphatic rings. The Morgan fingerprint density at radius 2 is 1.41 bits per heavy atom. The molecule has 0 fully saturated rings. The Morgan fingerprint density at radius 3 is 2.04 bits per heavy atom. The normalized spacial score (nSPS) is 18.3. The van der Waals surface area contributed by atoms with Crippen LogP contribution in [0.1, 0.15) is 34.3 Å². The van der Waals surface area contributed by atoms with Crippen molar-refractivity contribution in [2.24, 2.45) is 4.99 Å². The number of thioether (sulfide) groups is 1. The quantitative estimate of drug-likeness (QED) is 0.578. The Kier molecular flexibility index (Phi) is 6.59. The van der Waals surface area contributed by atoms with Crippen LogP contribution in [0.25, 0.3) is 0 Å². The second-order valence-electron chi connectivity index (χ2n) is 6.60. The third kappa shape index (κ3) is 4.74. The number of halogens is 1. The molecule has 0 radical (unpaired) electrons. The van der Waals surface area contributed by atoms with E-state index in [1.807, 2.05) is 0 Å². The lowest BCUT2D eigenvalue weighted by Crippen LogP contribution is -2.22. The van der Waals surface area contributed by atoms with E-state index >= 15 is 0 Å². The van der Waals surface area contributed by atoms with E-state index < -0.39 is 0 Å². The molecule has 0 bridgehead atoms. The fourth-order valence-electron chi connectivity index (χ4n) is 3.21. The van der Waals surface area contributed by atoms with Crippen LogP contribution < -0.4 is 5.32 Å². The predicted octanol–water partition coefficient (Wildman–Crippen LogP) is 6.09. The van der Waals surface area contributed by atoms with Gasteiger partial charge in [0.05, 0.1) is 6.04 Å². The van der Waals surface area contributed by atoms with Crippen molar-refractivity contribution in [1.82, 2.24) is 5.32 Å². The molecule has 27 heavy (non-hydrogen) atoms. The van der Waals surface area contributed by atoms with E-state index in [-0.39, 0.29) is 24.5 Å². The highest BCUT2D eigenvalue weighted by atomic mass is 35.5. The minimum atomic E-state index is 0. The zero-order chi connectivity index (χ0) is 17.8. The molecule has 0 aromatic heterocycles. The topological polar surface area (TPSA) is 24.4 Å². The maximum Gasteiger partial charge on any atom is 0.158 e. The van der Waals surface area contributed by atoms with Crippen molar-refractivity contribution in [2.45, 2.75) is 24.8 Å². The third-order valence-corrected chi connectivity index (χ3v) is 5.62. The monoisotopic (exact) mass is 394 g/mol. The average molecular weight is 395 g/mol. The number of hydrogen-bond donors (Lipinski definition) is 1. The highest BCUT2D eigenvalue weighted by Gasteiger charge is 2.31. The van der Waals surface area contributed by atoms with E-state index in [0.29, 0.717) is 0 Å². The molecule has 0 saturated carbocycles. The van der Waals surface area contributed by atoms with Crippen molar-refractivity contribution in [3.8, 4) is 0 Å². The van der Waals surface area contributed by atoms with Gasteiger partial charge < -0.3 is 5.32 Å². The Labute approximate surface area is 171 Å². The number of aliphatic imine (C=N–C) groups is 1. The minimum absolute atomic E-state index is 0. The van der Waals surface area contributed by atoms with Gasteiger partial charge in [-0.15, -0.1) is 12.4 Å². The van der Waals surface area contributed by atoms with Gasteiger partial charge in [0, 0.05) is 5.75 Å². The fourth-order valence-corrected chi connectivity index (χ4v) is 4.10. The number of nitrogens with one attached hydrogen (secondary N) is 1. The summed E-state index contributed by atoms with van der Waals surface area (Å²) in [7, 11) is 0. The standard InChI is InChI=1S/C23H22N2S.ClH/c1-17-12-14-18(15-13-17)16-26-23-24-21(19-8-4-2-5-9-19)22(25-23)20-10-6-3-7-11-20;/h2-15,21-22H,16H2,1H3,(H,24,25);1H.